The molecule has 0 unspecified atom stereocenters. The van der Waals surface area contributed by atoms with E-state index in [1.54, 1.807) is 30.5 Å². The van der Waals surface area contributed by atoms with Gasteiger partial charge in [-0.25, -0.2) is 14.7 Å². The Bertz CT molecular complexity index is 2250. The van der Waals surface area contributed by atoms with E-state index in [2.05, 4.69) is 66.4 Å². The van der Waals surface area contributed by atoms with Crippen LogP contribution in [0, 0.1) is 11.3 Å². The molecule has 1 saturated carbocycles. The van der Waals surface area contributed by atoms with Gasteiger partial charge in [-0.15, -0.1) is 0 Å². The number of aromatic nitrogens is 1. The van der Waals surface area contributed by atoms with E-state index >= 15 is 0 Å². The zero-order chi connectivity index (χ0) is 46.0. The maximum absolute atomic E-state index is 13.9. The molecule has 4 aliphatic rings. The number of nitrogens with one attached hydrogen (secondary N) is 4. The van der Waals surface area contributed by atoms with Gasteiger partial charge in [0.15, 0.2) is 0 Å². The molecule has 1 aliphatic carbocycles. The average molecular weight is 901 g/mol. The maximum atomic E-state index is 13.9. The Morgan fingerprint density at radius 3 is 2.27 bits per heavy atom. The molecule has 16 nitrogen and oxygen atoms in total. The maximum Gasteiger partial charge on any atom is 0.322 e. The fraction of sp³-hybridized carbons (Fsp3) is 0.480. The molecule has 1 aromatic heterocycles. The Morgan fingerprint density at radius 2 is 1.56 bits per heavy atom. The number of rotatable bonds is 16. The van der Waals surface area contributed by atoms with E-state index in [0.717, 1.165) is 107 Å². The van der Waals surface area contributed by atoms with Crippen molar-refractivity contribution in [2.45, 2.75) is 120 Å². The van der Waals surface area contributed by atoms with Gasteiger partial charge in [0.05, 0.1) is 11.6 Å². The van der Waals surface area contributed by atoms with E-state index in [9.17, 15) is 30.0 Å². The monoisotopic (exact) mass is 901 g/mol. The molecule has 16 heteroatoms. The number of pyridine rings is 1. The average Bonchev–Trinajstić information content (AvgIpc) is 3.59. The van der Waals surface area contributed by atoms with E-state index in [1.165, 1.54) is 4.90 Å². The van der Waals surface area contributed by atoms with Gasteiger partial charge in [-0.05, 0) is 106 Å². The topological polar surface area (TPSA) is 213 Å². The van der Waals surface area contributed by atoms with E-state index in [1.807, 2.05) is 41.3 Å². The minimum Gasteiger partial charge on any atom is -0.379 e. The SMILES string of the molecule is N#Cc1ccc(NC2CCC(N(C(=O)NCc3ccccc3)c3ccc(N4CCN(CCCCCCC(=O)Nc5cccc6c5[C@@H](O)N([C@@H]5CC[C@@H](O)N[C@@H]5O)[C@@H]6O)CC4)cc3)CC2)nc1. The summed E-state index contributed by atoms with van der Waals surface area (Å²) in [4.78, 5) is 39.6. The zero-order valence-electron chi connectivity index (χ0n) is 37.5. The lowest BCUT2D eigenvalue weighted by Crippen LogP contribution is -2.57. The van der Waals surface area contributed by atoms with Crippen molar-refractivity contribution >= 4 is 34.8 Å². The Morgan fingerprint density at radius 1 is 0.803 bits per heavy atom. The summed E-state index contributed by atoms with van der Waals surface area (Å²) in [6, 6.07) is 28.9. The van der Waals surface area contributed by atoms with Crippen molar-refractivity contribution in [1.82, 2.24) is 25.4 Å². The van der Waals surface area contributed by atoms with Crippen LogP contribution in [0.5, 0.6) is 0 Å². The van der Waals surface area contributed by atoms with Crippen LogP contribution >= 0.6 is 0 Å². The Balaban J connectivity index is 0.764. The van der Waals surface area contributed by atoms with Crippen LogP contribution in [0.2, 0.25) is 0 Å². The fourth-order valence-corrected chi connectivity index (χ4v) is 10.0. The third-order valence-electron chi connectivity index (χ3n) is 13.7. The Hall–Kier alpha value is -5.64. The van der Waals surface area contributed by atoms with Crippen LogP contribution in [-0.2, 0) is 11.3 Å². The van der Waals surface area contributed by atoms with Gasteiger partial charge in [-0.2, -0.15) is 5.26 Å². The van der Waals surface area contributed by atoms with Crippen molar-refractivity contribution < 1.29 is 30.0 Å². The predicted molar refractivity (Wildman–Crippen MR) is 253 cm³/mol. The second kappa shape index (κ2) is 22.2. The molecule has 0 bridgehead atoms. The number of hydrogen-bond acceptors (Lipinski definition) is 13. The summed E-state index contributed by atoms with van der Waals surface area (Å²) in [6.07, 6.45) is 5.54. The number of carbonyl (C=O) groups is 2. The third kappa shape index (κ3) is 11.5. The van der Waals surface area contributed by atoms with Crippen molar-refractivity contribution in [3.8, 4) is 6.07 Å². The van der Waals surface area contributed by atoms with Crippen molar-refractivity contribution in [1.29, 1.82) is 5.26 Å². The number of nitrogens with zero attached hydrogens (tertiary/aromatic N) is 6. The molecule has 350 valence electrons. The number of aliphatic hydroxyl groups is 4. The standard InChI is InChI=1S/C50H64N10O6/c51-31-35-14-24-43(52-33-35)54-36-15-17-38(18-16-36)59(50(66)53-32-34-9-4-3-5-10-34)39-21-19-37(20-22-39)58-29-27-57(28-30-58)26-7-2-1-6-13-44(61)55-41-12-8-11-40-46(41)49(65)60(48(40)64)42-23-25-45(62)56-47(42)63/h3-5,8-12,14,19-22,24,33,36,38,42,45,47-49,56,62-65H,1-2,6-7,13,15-18,23,25-30,32H2,(H,52,54)(H,53,66)(H,55,61)/t36?,38?,42-,45-,47-,48-,49-/m1/s1. The van der Waals surface area contributed by atoms with Crippen LogP contribution < -0.4 is 31.1 Å². The van der Waals surface area contributed by atoms with E-state index in [0.29, 0.717) is 48.2 Å². The number of aliphatic hydroxyl groups excluding tert-OH is 4. The highest BCUT2D eigenvalue weighted by Crippen LogP contribution is 2.46. The van der Waals surface area contributed by atoms with Gasteiger partial charge in [0, 0.05) is 85.6 Å². The zero-order valence-corrected chi connectivity index (χ0v) is 37.5. The molecule has 66 heavy (non-hydrogen) atoms. The molecule has 8 N–H and O–H groups in total. The van der Waals surface area contributed by atoms with Gasteiger partial charge in [0.1, 0.15) is 36.8 Å². The van der Waals surface area contributed by atoms with Gasteiger partial charge in [0.25, 0.3) is 0 Å². The highest BCUT2D eigenvalue weighted by molar-refractivity contribution is 5.93. The van der Waals surface area contributed by atoms with Gasteiger partial charge >= 0.3 is 6.03 Å². The molecule has 3 aromatic carbocycles. The summed E-state index contributed by atoms with van der Waals surface area (Å²) in [6.45, 7) is 5.22. The molecule has 0 radical (unpaired) electrons. The van der Waals surface area contributed by atoms with Crippen LogP contribution in [0.1, 0.15) is 105 Å². The summed E-state index contributed by atoms with van der Waals surface area (Å²) in [5.41, 5.74) is 4.98. The van der Waals surface area contributed by atoms with Crippen LogP contribution in [-0.4, -0.2) is 110 Å². The normalized spacial score (nSPS) is 24.5. The highest BCUT2D eigenvalue weighted by atomic mass is 16.3. The predicted octanol–water partition coefficient (Wildman–Crippen LogP) is 5.49. The molecular weight excluding hydrogens is 837 g/mol. The van der Waals surface area contributed by atoms with Gasteiger partial charge in [-0.1, -0.05) is 55.3 Å². The van der Waals surface area contributed by atoms with E-state index < -0.39 is 31.0 Å². The fourth-order valence-electron chi connectivity index (χ4n) is 10.0. The van der Waals surface area contributed by atoms with Crippen LogP contribution in [0.4, 0.5) is 27.7 Å². The number of benzene rings is 3. The third-order valence-corrected chi connectivity index (χ3v) is 13.7. The molecule has 2 saturated heterocycles. The second-order valence-electron chi connectivity index (χ2n) is 18.0. The minimum absolute atomic E-state index is 0.0475. The minimum atomic E-state index is -1.22. The molecule has 3 amide bonds. The van der Waals surface area contributed by atoms with Crippen molar-refractivity contribution in [3.05, 3.63) is 113 Å². The number of anilines is 4. The number of piperazine rings is 1. The smallest absolute Gasteiger partial charge is 0.322 e. The van der Waals surface area contributed by atoms with Crippen LogP contribution in [0.15, 0.2) is 91.1 Å². The molecule has 5 atom stereocenters. The molecule has 8 rings (SSSR count). The summed E-state index contributed by atoms with van der Waals surface area (Å²) in [7, 11) is 0. The van der Waals surface area contributed by atoms with Crippen LogP contribution in [0.3, 0.4) is 0 Å². The number of amides is 3. The summed E-state index contributed by atoms with van der Waals surface area (Å²) in [5, 5.41) is 64.1. The first-order chi connectivity index (χ1) is 32.1. The molecular formula is C50H64N10O6. The second-order valence-corrected chi connectivity index (χ2v) is 18.0. The number of unbranched alkanes of at least 4 members (excludes halogenated alkanes) is 3. The van der Waals surface area contributed by atoms with E-state index in [4.69, 9.17) is 5.26 Å². The number of carbonyl (C=O) groups excluding carboxylic acids is 2. The lowest BCUT2D eigenvalue weighted by Gasteiger charge is -2.40. The first-order valence-corrected chi connectivity index (χ1v) is 23.6. The van der Waals surface area contributed by atoms with Crippen LogP contribution in [0.25, 0.3) is 0 Å². The van der Waals surface area contributed by atoms with E-state index in [-0.39, 0.29) is 24.0 Å². The first-order valence-electron chi connectivity index (χ1n) is 23.6. The summed E-state index contributed by atoms with van der Waals surface area (Å²) >= 11 is 0. The van der Waals surface area contributed by atoms with Crippen molar-refractivity contribution in [2.75, 3.05) is 53.2 Å². The van der Waals surface area contributed by atoms with Gasteiger partial charge in [-0.3, -0.25) is 19.9 Å². The van der Waals surface area contributed by atoms with Crippen molar-refractivity contribution in [3.63, 3.8) is 0 Å². The number of urea groups is 1. The lowest BCUT2D eigenvalue weighted by molar-refractivity contribution is -0.158. The Labute approximate surface area is 387 Å². The molecule has 3 fully saturated rings. The summed E-state index contributed by atoms with van der Waals surface area (Å²) in [5.74, 6) is 0.609. The molecule has 3 aliphatic heterocycles. The number of fused-ring (bicyclic) bond motifs is 1. The Kier molecular flexibility index (Phi) is 15.8. The molecule has 4 aromatic rings. The molecule has 4 heterocycles. The van der Waals surface area contributed by atoms with Gasteiger partial charge in [0.2, 0.25) is 5.91 Å². The number of piperidine rings is 1. The largest absolute Gasteiger partial charge is 0.379 e. The summed E-state index contributed by atoms with van der Waals surface area (Å²) < 4.78 is 0. The number of hydrogen-bond donors (Lipinski definition) is 8. The van der Waals surface area contributed by atoms with Crippen molar-refractivity contribution in [2.24, 2.45) is 0 Å². The number of nitriles is 1. The quantitative estimate of drug-likeness (QED) is 0.0655. The highest BCUT2D eigenvalue weighted by Gasteiger charge is 2.46. The first kappa shape index (κ1) is 46.9. The lowest BCUT2D eigenvalue weighted by atomic mass is 9.90. The molecule has 0 spiro atoms. The van der Waals surface area contributed by atoms with Gasteiger partial charge < -0.3 is 41.3 Å².